The third-order valence-corrected chi connectivity index (χ3v) is 5.64. The first-order chi connectivity index (χ1) is 16.5. The third kappa shape index (κ3) is 6.57. The van der Waals surface area contributed by atoms with E-state index < -0.39 is 0 Å². The van der Waals surface area contributed by atoms with Crippen LogP contribution in [0.2, 0.25) is 0 Å². The van der Waals surface area contributed by atoms with Crippen molar-refractivity contribution in [2.45, 2.75) is 38.8 Å². The smallest absolute Gasteiger partial charge is 0.263 e. The number of ether oxygens (including phenoxy) is 1. The van der Waals surface area contributed by atoms with Crippen LogP contribution in [-0.4, -0.2) is 35.6 Å². The molecule has 2 N–H and O–H groups in total. The van der Waals surface area contributed by atoms with Crippen molar-refractivity contribution in [1.29, 1.82) is 0 Å². The van der Waals surface area contributed by atoms with Crippen molar-refractivity contribution < 1.29 is 14.3 Å². The quantitative estimate of drug-likeness (QED) is 0.488. The minimum atomic E-state index is -0.384. The molecule has 1 saturated carbocycles. The van der Waals surface area contributed by atoms with Crippen LogP contribution in [0.4, 0.5) is 0 Å². The summed E-state index contributed by atoms with van der Waals surface area (Å²) in [6.45, 7) is 2.82. The first kappa shape index (κ1) is 23.3. The average Bonchev–Trinajstić information content (AvgIpc) is 3.64. The molecule has 0 saturated heterocycles. The van der Waals surface area contributed by atoms with E-state index in [1.165, 1.54) is 0 Å². The summed E-state index contributed by atoms with van der Waals surface area (Å²) in [5.74, 6) is 0.135. The second-order valence-electron chi connectivity index (χ2n) is 8.62. The lowest BCUT2D eigenvalue weighted by atomic mass is 10.1. The van der Waals surface area contributed by atoms with Crippen molar-refractivity contribution in [1.82, 2.24) is 15.2 Å². The molecular weight excluding hydrogens is 430 g/mol. The van der Waals surface area contributed by atoms with Gasteiger partial charge in [0.2, 0.25) is 0 Å². The Morgan fingerprint density at radius 1 is 1.03 bits per heavy atom. The van der Waals surface area contributed by atoms with Crippen LogP contribution in [0, 0.1) is 6.92 Å². The predicted molar refractivity (Wildman–Crippen MR) is 130 cm³/mol. The average molecular weight is 460 g/mol. The Balaban J connectivity index is 1.26. The molecule has 1 fully saturated rings. The topological polar surface area (TPSA) is 89.4 Å². The maximum absolute atomic E-state index is 12.8. The van der Waals surface area contributed by atoms with Gasteiger partial charge in [-0.1, -0.05) is 42.0 Å². The van der Waals surface area contributed by atoms with Crippen molar-refractivity contribution in [3.8, 4) is 5.75 Å². The van der Waals surface area contributed by atoms with Crippen molar-refractivity contribution in [3.05, 3.63) is 99.5 Å². The summed E-state index contributed by atoms with van der Waals surface area (Å²) in [6.07, 6.45) is 4.40. The number of carbonyl (C=O) groups is 2. The summed E-state index contributed by atoms with van der Waals surface area (Å²) in [4.78, 5) is 37.1. The highest BCUT2D eigenvalue weighted by atomic mass is 16.5. The molecule has 0 unspecified atom stereocenters. The van der Waals surface area contributed by atoms with Gasteiger partial charge < -0.3 is 19.9 Å². The zero-order valence-corrected chi connectivity index (χ0v) is 19.3. The number of hydrogen-bond acceptors (Lipinski definition) is 4. The van der Waals surface area contributed by atoms with Gasteiger partial charge in [0.1, 0.15) is 11.3 Å². The van der Waals surface area contributed by atoms with Crippen LogP contribution < -0.4 is 20.9 Å². The number of nitrogens with one attached hydrogen (secondary N) is 2. The minimum absolute atomic E-state index is 0.00435. The fourth-order valence-corrected chi connectivity index (χ4v) is 3.66. The van der Waals surface area contributed by atoms with Crippen LogP contribution in [0.25, 0.3) is 0 Å². The molecular formula is C27H29N3O4. The maximum Gasteiger partial charge on any atom is 0.263 e. The van der Waals surface area contributed by atoms with Gasteiger partial charge in [-0.25, -0.2) is 0 Å². The van der Waals surface area contributed by atoms with E-state index in [0.717, 1.165) is 29.5 Å². The van der Waals surface area contributed by atoms with Gasteiger partial charge in [0.15, 0.2) is 6.61 Å². The molecule has 1 heterocycles. The van der Waals surface area contributed by atoms with Gasteiger partial charge in [0, 0.05) is 18.8 Å². The van der Waals surface area contributed by atoms with Gasteiger partial charge >= 0.3 is 0 Å². The first-order valence-electron chi connectivity index (χ1n) is 11.5. The number of hydrogen-bond donors (Lipinski definition) is 2. The molecule has 0 bridgehead atoms. The monoisotopic (exact) mass is 459 g/mol. The van der Waals surface area contributed by atoms with E-state index in [2.05, 4.69) is 10.6 Å². The molecule has 7 nitrogen and oxygen atoms in total. The number of amides is 2. The lowest BCUT2D eigenvalue weighted by molar-refractivity contribution is -0.123. The second-order valence-corrected chi connectivity index (χ2v) is 8.62. The van der Waals surface area contributed by atoms with E-state index in [-0.39, 0.29) is 29.5 Å². The molecule has 4 rings (SSSR count). The highest BCUT2D eigenvalue weighted by molar-refractivity contribution is 5.93. The van der Waals surface area contributed by atoms with E-state index in [9.17, 15) is 14.4 Å². The molecule has 0 aliphatic heterocycles. The molecule has 0 spiro atoms. The summed E-state index contributed by atoms with van der Waals surface area (Å²) < 4.78 is 7.06. The number of aryl methyl sites for hydroxylation is 1. The van der Waals surface area contributed by atoms with Crippen LogP contribution >= 0.6 is 0 Å². The van der Waals surface area contributed by atoms with Crippen LogP contribution in [0.15, 0.2) is 71.7 Å². The van der Waals surface area contributed by atoms with E-state index in [1.807, 2.05) is 55.5 Å². The Kier molecular flexibility index (Phi) is 7.42. The van der Waals surface area contributed by atoms with E-state index in [1.54, 1.807) is 22.9 Å². The molecule has 1 aliphatic carbocycles. The van der Waals surface area contributed by atoms with Crippen LogP contribution in [-0.2, 0) is 17.8 Å². The molecule has 2 amide bonds. The fraction of sp³-hybridized carbons (Fsp3) is 0.296. The van der Waals surface area contributed by atoms with Gasteiger partial charge in [-0.3, -0.25) is 14.4 Å². The fourth-order valence-electron chi connectivity index (χ4n) is 3.66. The van der Waals surface area contributed by atoms with Crippen LogP contribution in [0.3, 0.4) is 0 Å². The summed E-state index contributed by atoms with van der Waals surface area (Å²) in [6, 6.07) is 19.0. The normalized spacial score (nSPS) is 12.7. The number of nitrogens with zero attached hydrogens (tertiary/aromatic N) is 1. The van der Waals surface area contributed by atoms with Gasteiger partial charge in [-0.2, -0.15) is 0 Å². The number of carbonyl (C=O) groups excluding carboxylic acids is 2. The lowest BCUT2D eigenvalue weighted by Gasteiger charge is -2.10. The Hall–Kier alpha value is -3.87. The molecule has 1 aliphatic rings. The predicted octanol–water partition coefficient (Wildman–Crippen LogP) is 2.83. The summed E-state index contributed by atoms with van der Waals surface area (Å²) in [5.41, 5.74) is 2.96. The number of pyridine rings is 1. The molecule has 176 valence electrons. The molecule has 34 heavy (non-hydrogen) atoms. The number of aromatic nitrogens is 1. The van der Waals surface area contributed by atoms with Crippen molar-refractivity contribution >= 4 is 11.8 Å². The summed E-state index contributed by atoms with van der Waals surface area (Å²) in [5, 5.41) is 5.71. The zero-order valence-electron chi connectivity index (χ0n) is 19.3. The molecule has 0 atom stereocenters. The number of benzene rings is 2. The number of rotatable bonds is 10. The van der Waals surface area contributed by atoms with Crippen molar-refractivity contribution in [3.63, 3.8) is 0 Å². The van der Waals surface area contributed by atoms with E-state index >= 15 is 0 Å². The van der Waals surface area contributed by atoms with E-state index in [0.29, 0.717) is 31.3 Å². The molecule has 1 aromatic heterocycles. The molecule has 7 heteroatoms. The summed E-state index contributed by atoms with van der Waals surface area (Å²) in [7, 11) is 0. The highest BCUT2D eigenvalue weighted by Crippen LogP contribution is 2.18. The van der Waals surface area contributed by atoms with Crippen LogP contribution in [0.5, 0.6) is 5.75 Å². The van der Waals surface area contributed by atoms with Gasteiger partial charge in [-0.05, 0) is 61.6 Å². The van der Waals surface area contributed by atoms with Crippen molar-refractivity contribution in [2.75, 3.05) is 13.2 Å². The lowest BCUT2D eigenvalue weighted by Crippen LogP contribution is -2.33. The minimum Gasteiger partial charge on any atom is -0.484 e. The molecule has 3 aromatic rings. The highest BCUT2D eigenvalue weighted by Gasteiger charge is 2.23. The Labute approximate surface area is 198 Å². The maximum atomic E-state index is 12.8. The Morgan fingerprint density at radius 2 is 1.82 bits per heavy atom. The standard InChI is InChI=1S/C27H29N3O4/c1-19-4-2-5-21(16-19)17-30-15-3-6-24(27(30)33)26(32)28-14-13-20-7-11-23(12-8-20)34-18-25(31)29-22-9-10-22/h2-8,11-12,15-16,22H,9-10,13-14,17-18H2,1H3,(H,28,32)(H,29,31). The second kappa shape index (κ2) is 10.8. The first-order valence-corrected chi connectivity index (χ1v) is 11.5. The van der Waals surface area contributed by atoms with E-state index in [4.69, 9.17) is 4.74 Å². The van der Waals surface area contributed by atoms with Crippen LogP contribution in [0.1, 0.15) is 39.9 Å². The third-order valence-electron chi connectivity index (χ3n) is 5.64. The van der Waals surface area contributed by atoms with Crippen molar-refractivity contribution in [2.24, 2.45) is 0 Å². The SMILES string of the molecule is Cc1cccc(Cn2cccc(C(=O)NCCc3ccc(OCC(=O)NC4CC4)cc3)c2=O)c1. The molecule has 2 aromatic carbocycles. The zero-order chi connectivity index (χ0) is 23.9. The Bertz CT molecular complexity index is 1210. The summed E-state index contributed by atoms with van der Waals surface area (Å²) >= 11 is 0. The van der Waals surface area contributed by atoms with Gasteiger partial charge in [-0.15, -0.1) is 0 Å². The van der Waals surface area contributed by atoms with Gasteiger partial charge in [0.25, 0.3) is 17.4 Å². The largest absolute Gasteiger partial charge is 0.484 e. The Morgan fingerprint density at radius 3 is 2.56 bits per heavy atom. The van der Waals surface area contributed by atoms with Gasteiger partial charge in [0.05, 0.1) is 6.54 Å². The molecule has 0 radical (unpaired) electrons.